The van der Waals surface area contributed by atoms with Crippen LogP contribution in [0.2, 0.25) is 0 Å². The Morgan fingerprint density at radius 1 is 1.58 bits per heavy atom. The molecule has 0 aromatic carbocycles. The smallest absolute Gasteiger partial charge is 0.358 e. The number of pyridine rings is 1. The Bertz CT molecular complexity index is 533. The van der Waals surface area contributed by atoms with E-state index in [2.05, 4.69) is 11.1 Å². The van der Waals surface area contributed by atoms with Crippen LogP contribution in [-0.2, 0) is 10.2 Å². The molecule has 0 spiro atoms. The van der Waals surface area contributed by atoms with E-state index in [1.54, 1.807) is 24.9 Å². The Hall–Kier alpha value is -1.54. The summed E-state index contributed by atoms with van der Waals surface area (Å²) >= 11 is 1.55. The van der Waals surface area contributed by atoms with Gasteiger partial charge in [0.1, 0.15) is 0 Å². The minimum atomic E-state index is -0.415. The van der Waals surface area contributed by atoms with E-state index in [9.17, 15) is 10.1 Å². The maximum atomic E-state index is 11.9. The third-order valence-electron chi connectivity index (χ3n) is 3.14. The topological polar surface area (TPSA) is 63.0 Å². The van der Waals surface area contributed by atoms with E-state index >= 15 is 0 Å². The Labute approximate surface area is 117 Å². The average molecular weight is 276 g/mol. The van der Waals surface area contributed by atoms with Gasteiger partial charge in [0.25, 0.3) is 0 Å². The molecule has 100 valence electrons. The summed E-state index contributed by atoms with van der Waals surface area (Å²) < 4.78 is 5.04. The van der Waals surface area contributed by atoms with Crippen molar-refractivity contribution >= 4 is 17.7 Å². The summed E-state index contributed by atoms with van der Waals surface area (Å²) in [6, 6.07) is 4.23. The van der Waals surface area contributed by atoms with Crippen LogP contribution >= 0.6 is 11.8 Å². The second-order valence-electron chi connectivity index (χ2n) is 4.38. The lowest BCUT2D eigenvalue weighted by molar-refractivity contribution is 0.0514. The highest BCUT2D eigenvalue weighted by atomic mass is 32.2. The molecular formula is C14H16N2O2S. The number of esters is 1. The number of ether oxygens (including phenoxy) is 1. The number of hydrogen-bond donors (Lipinski definition) is 0. The van der Waals surface area contributed by atoms with Gasteiger partial charge in [-0.1, -0.05) is 6.92 Å². The lowest BCUT2D eigenvalue weighted by Crippen LogP contribution is -2.13. The molecule has 0 radical (unpaired) electrons. The van der Waals surface area contributed by atoms with Crippen molar-refractivity contribution in [3.05, 3.63) is 23.5 Å². The molecule has 0 aliphatic heterocycles. The van der Waals surface area contributed by atoms with Crippen LogP contribution < -0.4 is 0 Å². The first kappa shape index (κ1) is 13.9. The first-order valence-corrected chi connectivity index (χ1v) is 7.37. The third-order valence-corrected chi connectivity index (χ3v) is 4.13. The molecule has 4 nitrogen and oxygen atoms in total. The zero-order valence-corrected chi connectivity index (χ0v) is 11.9. The molecule has 0 bridgehead atoms. The van der Waals surface area contributed by atoms with Crippen molar-refractivity contribution < 1.29 is 9.53 Å². The summed E-state index contributed by atoms with van der Waals surface area (Å²) in [5.41, 5.74) is 0.856. The van der Waals surface area contributed by atoms with Gasteiger partial charge in [-0.25, -0.2) is 9.78 Å². The maximum Gasteiger partial charge on any atom is 0.358 e. The number of nitriles is 1. The van der Waals surface area contributed by atoms with Crippen molar-refractivity contribution in [2.45, 2.75) is 37.0 Å². The first-order chi connectivity index (χ1) is 9.18. The van der Waals surface area contributed by atoms with Crippen molar-refractivity contribution in [3.63, 3.8) is 0 Å². The maximum absolute atomic E-state index is 11.9. The Balaban J connectivity index is 2.48. The van der Waals surface area contributed by atoms with Crippen molar-refractivity contribution in [2.75, 3.05) is 12.4 Å². The zero-order chi connectivity index (χ0) is 13.9. The standard InChI is InChI=1S/C14H16N2O2S/c1-3-18-13(17)11-12(19-4-2)10(5-8-16-11)14(9-15)6-7-14/h5,8H,3-4,6-7H2,1-2H3. The van der Waals surface area contributed by atoms with E-state index < -0.39 is 11.4 Å². The van der Waals surface area contributed by atoms with Gasteiger partial charge in [0.15, 0.2) is 5.69 Å². The monoisotopic (exact) mass is 276 g/mol. The van der Waals surface area contributed by atoms with Crippen LogP contribution in [0.1, 0.15) is 42.7 Å². The molecule has 1 aliphatic carbocycles. The van der Waals surface area contributed by atoms with Crippen LogP contribution in [0.3, 0.4) is 0 Å². The van der Waals surface area contributed by atoms with Crippen molar-refractivity contribution in [1.29, 1.82) is 5.26 Å². The molecule has 0 unspecified atom stereocenters. The molecule has 2 rings (SSSR count). The molecule has 0 saturated heterocycles. The fourth-order valence-electron chi connectivity index (χ4n) is 2.03. The van der Waals surface area contributed by atoms with Crippen LogP contribution in [-0.4, -0.2) is 23.3 Å². The minimum absolute atomic E-state index is 0.324. The molecular weight excluding hydrogens is 260 g/mol. The van der Waals surface area contributed by atoms with Crippen LogP contribution in [0.4, 0.5) is 0 Å². The number of hydrogen-bond acceptors (Lipinski definition) is 5. The highest BCUT2D eigenvalue weighted by molar-refractivity contribution is 7.99. The molecule has 0 atom stereocenters. The van der Waals surface area contributed by atoms with Gasteiger partial charge in [-0.2, -0.15) is 5.26 Å². The SMILES string of the molecule is CCOC(=O)c1nccc(C2(C#N)CC2)c1SCC. The molecule has 1 saturated carbocycles. The van der Waals surface area contributed by atoms with Crippen LogP contribution in [0.25, 0.3) is 0 Å². The van der Waals surface area contributed by atoms with Crippen LogP contribution in [0.15, 0.2) is 17.2 Å². The molecule has 0 amide bonds. The summed E-state index contributed by atoms with van der Waals surface area (Å²) in [4.78, 5) is 16.9. The highest BCUT2D eigenvalue weighted by Crippen LogP contribution is 2.50. The van der Waals surface area contributed by atoms with Gasteiger partial charge in [0.2, 0.25) is 0 Å². The fraction of sp³-hybridized carbons (Fsp3) is 0.500. The Kier molecular flexibility index (Phi) is 4.11. The molecule has 1 fully saturated rings. The van der Waals surface area contributed by atoms with E-state index in [1.807, 2.05) is 13.0 Å². The number of carbonyl (C=O) groups excluding carboxylic acids is 1. The first-order valence-electron chi connectivity index (χ1n) is 6.39. The Morgan fingerprint density at radius 2 is 2.32 bits per heavy atom. The molecule has 1 aromatic rings. The van der Waals surface area contributed by atoms with E-state index in [1.165, 1.54) is 0 Å². The Morgan fingerprint density at radius 3 is 2.84 bits per heavy atom. The predicted molar refractivity (Wildman–Crippen MR) is 73.1 cm³/mol. The van der Waals surface area contributed by atoms with E-state index in [-0.39, 0.29) is 0 Å². The van der Waals surface area contributed by atoms with Gasteiger partial charge in [-0.3, -0.25) is 0 Å². The average Bonchev–Trinajstić information content (AvgIpc) is 3.20. The predicted octanol–water partition coefficient (Wildman–Crippen LogP) is 2.93. The lowest BCUT2D eigenvalue weighted by atomic mass is 9.98. The van der Waals surface area contributed by atoms with Gasteiger partial charge in [-0.15, -0.1) is 11.8 Å². The number of carbonyl (C=O) groups is 1. The molecule has 5 heteroatoms. The summed E-state index contributed by atoms with van der Waals surface area (Å²) in [6.07, 6.45) is 3.30. The lowest BCUT2D eigenvalue weighted by Gasteiger charge is -2.15. The van der Waals surface area contributed by atoms with Gasteiger partial charge in [0.05, 0.1) is 18.1 Å². The van der Waals surface area contributed by atoms with Gasteiger partial charge >= 0.3 is 5.97 Å². The largest absolute Gasteiger partial charge is 0.461 e. The summed E-state index contributed by atoms with van der Waals surface area (Å²) in [5.74, 6) is 0.418. The highest BCUT2D eigenvalue weighted by Gasteiger charge is 2.47. The van der Waals surface area contributed by atoms with Gasteiger partial charge < -0.3 is 4.74 Å². The zero-order valence-electron chi connectivity index (χ0n) is 11.1. The van der Waals surface area contributed by atoms with E-state index in [4.69, 9.17) is 4.74 Å². The molecule has 0 N–H and O–H groups in total. The van der Waals surface area contributed by atoms with Crippen molar-refractivity contribution in [1.82, 2.24) is 4.98 Å². The van der Waals surface area contributed by atoms with E-state index in [0.717, 1.165) is 29.1 Å². The number of rotatable bonds is 5. The van der Waals surface area contributed by atoms with Crippen molar-refractivity contribution in [2.24, 2.45) is 0 Å². The minimum Gasteiger partial charge on any atom is -0.461 e. The number of nitrogens with zero attached hydrogens (tertiary/aromatic N) is 2. The fourth-order valence-corrected chi connectivity index (χ4v) is 3.01. The second kappa shape index (κ2) is 5.62. The third kappa shape index (κ3) is 2.59. The normalized spacial score (nSPS) is 15.6. The molecule has 19 heavy (non-hydrogen) atoms. The molecule has 1 aliphatic rings. The quantitative estimate of drug-likeness (QED) is 0.611. The van der Waals surface area contributed by atoms with Gasteiger partial charge in [0, 0.05) is 11.1 Å². The summed E-state index contributed by atoms with van der Waals surface area (Å²) in [6.45, 7) is 4.11. The number of aromatic nitrogens is 1. The van der Waals surface area contributed by atoms with Gasteiger partial charge in [-0.05, 0) is 37.1 Å². The van der Waals surface area contributed by atoms with Crippen LogP contribution in [0, 0.1) is 11.3 Å². The summed E-state index contributed by atoms with van der Waals surface area (Å²) in [7, 11) is 0. The van der Waals surface area contributed by atoms with Crippen LogP contribution in [0.5, 0.6) is 0 Å². The molecule has 1 aromatic heterocycles. The molecule has 1 heterocycles. The number of thioether (sulfide) groups is 1. The second-order valence-corrected chi connectivity index (χ2v) is 5.66. The summed E-state index contributed by atoms with van der Waals surface area (Å²) in [5, 5.41) is 9.34. The van der Waals surface area contributed by atoms with E-state index in [0.29, 0.717) is 12.3 Å². The van der Waals surface area contributed by atoms with Crippen molar-refractivity contribution in [3.8, 4) is 6.07 Å².